The zero-order chi connectivity index (χ0) is 14.8. The van der Waals surface area contributed by atoms with Gasteiger partial charge in [0.25, 0.3) is 0 Å². The van der Waals surface area contributed by atoms with Gasteiger partial charge < -0.3 is 14.9 Å². The summed E-state index contributed by atoms with van der Waals surface area (Å²) in [5.41, 5.74) is 0.168. The van der Waals surface area contributed by atoms with Gasteiger partial charge in [0.15, 0.2) is 0 Å². The van der Waals surface area contributed by atoms with E-state index in [1.165, 1.54) is 0 Å². The Kier molecular flexibility index (Phi) is 4.68. The second-order valence-electron chi connectivity index (χ2n) is 5.83. The van der Waals surface area contributed by atoms with Crippen LogP contribution >= 0.6 is 11.6 Å². The van der Waals surface area contributed by atoms with Crippen LogP contribution in [0.5, 0.6) is 0 Å². The van der Waals surface area contributed by atoms with Crippen molar-refractivity contribution in [3.63, 3.8) is 0 Å². The highest BCUT2D eigenvalue weighted by Gasteiger charge is 2.38. The first-order chi connectivity index (χ1) is 9.38. The Hall–Kier alpha value is -1.10. The SMILES string of the molecule is CN(C)CC1(O)CCN(C(=O)Cc2ccc(Cl)cc2)C1. The first-order valence-corrected chi connectivity index (χ1v) is 7.15. The molecule has 1 aliphatic rings. The second kappa shape index (κ2) is 6.12. The lowest BCUT2D eigenvalue weighted by Crippen LogP contribution is -2.43. The number of halogens is 1. The van der Waals surface area contributed by atoms with Crippen LogP contribution in [-0.4, -0.2) is 60.1 Å². The molecule has 1 aromatic carbocycles. The molecule has 1 heterocycles. The monoisotopic (exact) mass is 296 g/mol. The third-order valence-corrected chi connectivity index (χ3v) is 3.82. The fourth-order valence-corrected chi connectivity index (χ4v) is 2.80. The number of amides is 1. The van der Waals surface area contributed by atoms with Crippen molar-refractivity contribution in [1.29, 1.82) is 0 Å². The van der Waals surface area contributed by atoms with E-state index < -0.39 is 5.60 Å². The molecule has 2 rings (SSSR count). The lowest BCUT2D eigenvalue weighted by Gasteiger charge is -2.26. The van der Waals surface area contributed by atoms with E-state index in [0.29, 0.717) is 37.5 Å². The van der Waals surface area contributed by atoms with Crippen LogP contribution in [0, 0.1) is 0 Å². The Morgan fingerprint density at radius 3 is 2.65 bits per heavy atom. The highest BCUT2D eigenvalue weighted by Crippen LogP contribution is 2.22. The van der Waals surface area contributed by atoms with Crippen molar-refractivity contribution in [3.05, 3.63) is 34.9 Å². The van der Waals surface area contributed by atoms with E-state index in [1.807, 2.05) is 31.1 Å². The van der Waals surface area contributed by atoms with Gasteiger partial charge in [-0.2, -0.15) is 0 Å². The van der Waals surface area contributed by atoms with Gasteiger partial charge in [-0.1, -0.05) is 23.7 Å². The molecule has 0 aliphatic carbocycles. The maximum absolute atomic E-state index is 12.2. The quantitative estimate of drug-likeness (QED) is 0.913. The third-order valence-electron chi connectivity index (χ3n) is 3.56. The highest BCUT2D eigenvalue weighted by atomic mass is 35.5. The van der Waals surface area contributed by atoms with Gasteiger partial charge in [-0.25, -0.2) is 0 Å². The molecule has 1 unspecified atom stereocenters. The Labute approximate surface area is 124 Å². The summed E-state index contributed by atoms with van der Waals surface area (Å²) < 4.78 is 0. The van der Waals surface area contributed by atoms with Gasteiger partial charge in [0.1, 0.15) is 0 Å². The van der Waals surface area contributed by atoms with E-state index in [1.54, 1.807) is 17.0 Å². The van der Waals surface area contributed by atoms with Crippen LogP contribution in [-0.2, 0) is 11.2 Å². The molecule has 0 radical (unpaired) electrons. The van der Waals surface area contributed by atoms with Crippen LogP contribution < -0.4 is 0 Å². The maximum atomic E-state index is 12.2. The lowest BCUT2D eigenvalue weighted by molar-refractivity contribution is -0.130. The standard InChI is InChI=1S/C15H21ClN2O2/c1-17(2)10-15(20)7-8-18(11-15)14(19)9-12-3-5-13(16)6-4-12/h3-6,20H,7-11H2,1-2H3. The summed E-state index contributed by atoms with van der Waals surface area (Å²) in [5.74, 6) is 0.0574. The molecular weight excluding hydrogens is 276 g/mol. The number of benzene rings is 1. The van der Waals surface area contributed by atoms with Crippen molar-refractivity contribution in [2.45, 2.75) is 18.4 Å². The molecule has 0 saturated carbocycles. The molecule has 0 spiro atoms. The maximum Gasteiger partial charge on any atom is 0.227 e. The molecule has 5 heteroatoms. The summed E-state index contributed by atoms with van der Waals surface area (Å²) in [6, 6.07) is 7.30. The molecule has 1 aromatic rings. The van der Waals surface area contributed by atoms with Gasteiger partial charge in [-0.15, -0.1) is 0 Å². The fraction of sp³-hybridized carbons (Fsp3) is 0.533. The molecular formula is C15H21ClN2O2. The van der Waals surface area contributed by atoms with Gasteiger partial charge in [-0.3, -0.25) is 4.79 Å². The average Bonchev–Trinajstić information content (AvgIpc) is 2.73. The summed E-state index contributed by atoms with van der Waals surface area (Å²) >= 11 is 5.83. The minimum absolute atomic E-state index is 0.0574. The normalized spacial score (nSPS) is 22.6. The molecule has 20 heavy (non-hydrogen) atoms. The summed E-state index contributed by atoms with van der Waals surface area (Å²) in [5, 5.41) is 11.1. The van der Waals surface area contributed by atoms with E-state index in [4.69, 9.17) is 11.6 Å². The largest absolute Gasteiger partial charge is 0.387 e. The molecule has 1 fully saturated rings. The molecule has 0 aromatic heterocycles. The van der Waals surface area contributed by atoms with Crippen molar-refractivity contribution >= 4 is 17.5 Å². The summed E-state index contributed by atoms with van der Waals surface area (Å²) in [6.45, 7) is 1.62. The van der Waals surface area contributed by atoms with Gasteiger partial charge in [0.2, 0.25) is 5.91 Å². The minimum atomic E-state index is -0.779. The molecule has 1 atom stereocenters. The molecule has 4 nitrogen and oxygen atoms in total. The summed E-state index contributed by atoms with van der Waals surface area (Å²) in [7, 11) is 3.85. The number of likely N-dealkylation sites (N-methyl/N-ethyl adjacent to an activating group) is 1. The Morgan fingerprint density at radius 2 is 2.05 bits per heavy atom. The van der Waals surface area contributed by atoms with Gasteiger partial charge in [0.05, 0.1) is 18.6 Å². The lowest BCUT2D eigenvalue weighted by atomic mass is 10.0. The van der Waals surface area contributed by atoms with Crippen LogP contribution in [0.1, 0.15) is 12.0 Å². The van der Waals surface area contributed by atoms with Crippen LogP contribution in [0.15, 0.2) is 24.3 Å². The van der Waals surface area contributed by atoms with E-state index in [0.717, 1.165) is 5.56 Å². The molecule has 1 aliphatic heterocycles. The Bertz CT molecular complexity index is 475. The number of hydrogen-bond donors (Lipinski definition) is 1. The predicted octanol–water partition coefficient (Wildman–Crippen LogP) is 1.41. The number of β-amino-alcohol motifs (C(OH)–C–C–N with tert-alkyl or cyclic N) is 1. The van der Waals surface area contributed by atoms with Crippen molar-refractivity contribution in [2.24, 2.45) is 0 Å². The van der Waals surface area contributed by atoms with E-state index in [2.05, 4.69) is 0 Å². The first-order valence-electron chi connectivity index (χ1n) is 6.77. The van der Waals surface area contributed by atoms with Crippen LogP contribution in [0.2, 0.25) is 5.02 Å². The predicted molar refractivity (Wildman–Crippen MR) is 79.9 cm³/mol. The number of carbonyl (C=O) groups is 1. The van der Waals surface area contributed by atoms with Crippen molar-refractivity contribution in [1.82, 2.24) is 9.80 Å². The van der Waals surface area contributed by atoms with E-state index >= 15 is 0 Å². The smallest absolute Gasteiger partial charge is 0.227 e. The number of rotatable bonds is 4. The molecule has 110 valence electrons. The molecule has 0 bridgehead atoms. The van der Waals surface area contributed by atoms with Crippen LogP contribution in [0.4, 0.5) is 0 Å². The van der Waals surface area contributed by atoms with Gasteiger partial charge >= 0.3 is 0 Å². The van der Waals surface area contributed by atoms with Gasteiger partial charge in [-0.05, 0) is 38.2 Å². The van der Waals surface area contributed by atoms with E-state index in [-0.39, 0.29) is 5.91 Å². The van der Waals surface area contributed by atoms with Crippen molar-refractivity contribution in [2.75, 3.05) is 33.7 Å². The zero-order valence-electron chi connectivity index (χ0n) is 12.0. The number of nitrogens with zero attached hydrogens (tertiary/aromatic N) is 2. The fourth-order valence-electron chi connectivity index (χ4n) is 2.68. The Balaban J connectivity index is 1.93. The Morgan fingerprint density at radius 1 is 1.40 bits per heavy atom. The molecule has 1 N–H and O–H groups in total. The van der Waals surface area contributed by atoms with Crippen molar-refractivity contribution in [3.8, 4) is 0 Å². The van der Waals surface area contributed by atoms with Crippen molar-refractivity contribution < 1.29 is 9.90 Å². The molecule has 1 saturated heterocycles. The second-order valence-corrected chi connectivity index (χ2v) is 6.27. The number of carbonyl (C=O) groups excluding carboxylic acids is 1. The van der Waals surface area contributed by atoms with E-state index in [9.17, 15) is 9.90 Å². The van der Waals surface area contributed by atoms with Crippen LogP contribution in [0.3, 0.4) is 0 Å². The topological polar surface area (TPSA) is 43.8 Å². The summed E-state index contributed by atoms with van der Waals surface area (Å²) in [6.07, 6.45) is 0.993. The number of aliphatic hydroxyl groups is 1. The number of likely N-dealkylation sites (tertiary alicyclic amines) is 1. The van der Waals surface area contributed by atoms with Crippen LogP contribution in [0.25, 0.3) is 0 Å². The third kappa shape index (κ3) is 3.95. The zero-order valence-corrected chi connectivity index (χ0v) is 12.7. The highest BCUT2D eigenvalue weighted by molar-refractivity contribution is 6.30. The van der Waals surface area contributed by atoms with Gasteiger partial charge in [0, 0.05) is 18.1 Å². The molecule has 1 amide bonds. The number of hydrogen-bond acceptors (Lipinski definition) is 3. The summed E-state index contributed by atoms with van der Waals surface area (Å²) in [4.78, 5) is 15.9. The average molecular weight is 297 g/mol. The minimum Gasteiger partial charge on any atom is -0.387 e. The first kappa shape index (κ1) is 15.3.